The molecule has 0 aliphatic heterocycles. The van der Waals surface area contributed by atoms with Crippen LogP contribution in [0.4, 0.5) is 0 Å². The van der Waals surface area contributed by atoms with Gasteiger partial charge >= 0.3 is 0 Å². The van der Waals surface area contributed by atoms with Crippen molar-refractivity contribution < 1.29 is 9.94 Å². The predicted molar refractivity (Wildman–Crippen MR) is 87.0 cm³/mol. The van der Waals surface area contributed by atoms with E-state index in [-0.39, 0.29) is 5.84 Å². The Morgan fingerprint density at radius 1 is 1.43 bits per heavy atom. The molecule has 0 unspecified atom stereocenters. The van der Waals surface area contributed by atoms with E-state index in [1.54, 1.807) is 37.2 Å². The molecule has 2 rings (SSSR count). The molecule has 5 nitrogen and oxygen atoms in total. The molecule has 0 saturated heterocycles. The van der Waals surface area contributed by atoms with E-state index in [9.17, 15) is 0 Å². The van der Waals surface area contributed by atoms with Gasteiger partial charge in [-0.3, -0.25) is 0 Å². The van der Waals surface area contributed by atoms with Crippen molar-refractivity contribution in [2.75, 3.05) is 7.11 Å². The number of methoxy groups -OCH3 is 1. The van der Waals surface area contributed by atoms with Crippen molar-refractivity contribution in [1.82, 2.24) is 4.98 Å². The number of amidine groups is 1. The smallest absolute Gasteiger partial charge is 0.170 e. The lowest BCUT2D eigenvalue weighted by atomic mass is 10.1. The minimum atomic E-state index is 0.0747. The molecule has 0 saturated carbocycles. The standard InChI is InChI=1S/C14H14BrN3O2S/c1-20-12-4-2-9(14(16)18-19)6-10(12)8-21-13-5-3-11(15)7-17-13/h2-7,19H,8H2,1H3,(H2,16,18). The fraction of sp³-hybridized carbons (Fsp3) is 0.143. The molecule has 3 N–H and O–H groups in total. The van der Waals surface area contributed by atoms with Crippen molar-refractivity contribution in [2.24, 2.45) is 10.9 Å². The Morgan fingerprint density at radius 2 is 2.24 bits per heavy atom. The van der Waals surface area contributed by atoms with Gasteiger partial charge in [-0.2, -0.15) is 0 Å². The lowest BCUT2D eigenvalue weighted by molar-refractivity contribution is 0.318. The van der Waals surface area contributed by atoms with Crippen LogP contribution in [0.2, 0.25) is 0 Å². The monoisotopic (exact) mass is 367 g/mol. The first-order chi connectivity index (χ1) is 10.1. The van der Waals surface area contributed by atoms with Crippen LogP contribution < -0.4 is 10.5 Å². The number of benzene rings is 1. The lowest BCUT2D eigenvalue weighted by Gasteiger charge is -2.10. The van der Waals surface area contributed by atoms with Gasteiger partial charge in [-0.05, 0) is 46.3 Å². The highest BCUT2D eigenvalue weighted by Crippen LogP contribution is 2.28. The van der Waals surface area contributed by atoms with Crippen LogP contribution in [0.25, 0.3) is 0 Å². The molecule has 0 spiro atoms. The Morgan fingerprint density at radius 3 is 2.86 bits per heavy atom. The Balaban J connectivity index is 2.19. The first kappa shape index (κ1) is 15.7. The minimum Gasteiger partial charge on any atom is -0.496 e. The number of ether oxygens (including phenoxy) is 1. The molecule has 0 atom stereocenters. The van der Waals surface area contributed by atoms with E-state index in [1.165, 1.54) is 0 Å². The number of halogens is 1. The molecule has 1 heterocycles. The van der Waals surface area contributed by atoms with Crippen molar-refractivity contribution in [3.8, 4) is 5.75 Å². The molecule has 21 heavy (non-hydrogen) atoms. The molecule has 0 bridgehead atoms. The van der Waals surface area contributed by atoms with Gasteiger partial charge in [0.05, 0.1) is 12.1 Å². The number of oxime groups is 1. The third-order valence-electron chi connectivity index (χ3n) is 2.76. The summed E-state index contributed by atoms with van der Waals surface area (Å²) in [6, 6.07) is 9.28. The minimum absolute atomic E-state index is 0.0747. The molecular formula is C14H14BrN3O2S. The average Bonchev–Trinajstić information content (AvgIpc) is 2.53. The van der Waals surface area contributed by atoms with Gasteiger partial charge < -0.3 is 15.7 Å². The van der Waals surface area contributed by atoms with Gasteiger partial charge in [0.2, 0.25) is 0 Å². The van der Waals surface area contributed by atoms with Crippen LogP contribution in [0, 0.1) is 0 Å². The lowest BCUT2D eigenvalue weighted by Crippen LogP contribution is -2.13. The maximum Gasteiger partial charge on any atom is 0.170 e. The summed E-state index contributed by atoms with van der Waals surface area (Å²) in [6.45, 7) is 0. The zero-order chi connectivity index (χ0) is 15.2. The predicted octanol–water partition coefficient (Wildman–Crippen LogP) is 3.24. The van der Waals surface area contributed by atoms with Crippen LogP contribution >= 0.6 is 27.7 Å². The summed E-state index contributed by atoms with van der Waals surface area (Å²) in [4.78, 5) is 4.31. The molecule has 7 heteroatoms. The van der Waals surface area contributed by atoms with Crippen molar-refractivity contribution in [2.45, 2.75) is 10.8 Å². The quantitative estimate of drug-likeness (QED) is 0.278. The molecule has 0 radical (unpaired) electrons. The van der Waals surface area contributed by atoms with Gasteiger partial charge in [-0.1, -0.05) is 5.16 Å². The molecule has 0 amide bonds. The van der Waals surface area contributed by atoms with E-state index in [0.717, 1.165) is 20.8 Å². The summed E-state index contributed by atoms with van der Waals surface area (Å²) in [5, 5.41) is 12.7. The number of nitrogens with two attached hydrogens (primary N) is 1. The molecular weight excluding hydrogens is 354 g/mol. The fourth-order valence-corrected chi connectivity index (χ4v) is 2.76. The van der Waals surface area contributed by atoms with Gasteiger partial charge in [0.25, 0.3) is 0 Å². The van der Waals surface area contributed by atoms with Gasteiger partial charge in [-0.15, -0.1) is 11.8 Å². The normalized spacial score (nSPS) is 11.4. The van der Waals surface area contributed by atoms with E-state index in [4.69, 9.17) is 15.7 Å². The zero-order valence-corrected chi connectivity index (χ0v) is 13.7. The maximum atomic E-state index is 8.75. The van der Waals surface area contributed by atoms with E-state index < -0.39 is 0 Å². The van der Waals surface area contributed by atoms with Crippen molar-refractivity contribution in [1.29, 1.82) is 0 Å². The molecule has 0 aliphatic rings. The average molecular weight is 368 g/mol. The Kier molecular flexibility index (Phi) is 5.46. The molecule has 1 aromatic heterocycles. The van der Waals surface area contributed by atoms with Crippen LogP contribution in [-0.4, -0.2) is 23.1 Å². The zero-order valence-electron chi connectivity index (χ0n) is 11.3. The summed E-state index contributed by atoms with van der Waals surface area (Å²) in [5.74, 6) is 1.50. The summed E-state index contributed by atoms with van der Waals surface area (Å²) in [6.07, 6.45) is 1.76. The second-order valence-corrected chi connectivity index (χ2v) is 6.03. The highest BCUT2D eigenvalue weighted by Gasteiger charge is 2.08. The van der Waals surface area contributed by atoms with E-state index >= 15 is 0 Å². The van der Waals surface area contributed by atoms with Crippen LogP contribution in [0.5, 0.6) is 5.75 Å². The number of hydrogen-bond donors (Lipinski definition) is 2. The number of thioether (sulfide) groups is 1. The summed E-state index contributed by atoms with van der Waals surface area (Å²) >= 11 is 4.94. The topological polar surface area (TPSA) is 80.7 Å². The van der Waals surface area contributed by atoms with Crippen LogP contribution in [0.15, 0.2) is 51.2 Å². The summed E-state index contributed by atoms with van der Waals surface area (Å²) < 4.78 is 6.28. The van der Waals surface area contributed by atoms with Gasteiger partial charge in [0, 0.05) is 27.5 Å². The fourth-order valence-electron chi connectivity index (χ4n) is 1.71. The molecule has 0 fully saturated rings. The van der Waals surface area contributed by atoms with E-state index in [0.29, 0.717) is 11.3 Å². The summed E-state index contributed by atoms with van der Waals surface area (Å²) in [5.41, 5.74) is 7.22. The second-order valence-electron chi connectivity index (χ2n) is 4.12. The number of rotatable bonds is 5. The molecule has 110 valence electrons. The highest BCUT2D eigenvalue weighted by atomic mass is 79.9. The summed E-state index contributed by atoms with van der Waals surface area (Å²) in [7, 11) is 1.62. The van der Waals surface area contributed by atoms with Crippen molar-refractivity contribution >= 4 is 33.5 Å². The van der Waals surface area contributed by atoms with E-state index in [1.807, 2.05) is 18.2 Å². The largest absolute Gasteiger partial charge is 0.496 e. The number of pyridine rings is 1. The third kappa shape index (κ3) is 4.12. The Bertz CT molecular complexity index is 647. The van der Waals surface area contributed by atoms with Crippen LogP contribution in [-0.2, 0) is 5.75 Å². The second kappa shape index (κ2) is 7.33. The molecule has 0 aliphatic carbocycles. The van der Waals surface area contributed by atoms with Crippen molar-refractivity contribution in [3.63, 3.8) is 0 Å². The number of hydrogen-bond acceptors (Lipinski definition) is 5. The highest BCUT2D eigenvalue weighted by molar-refractivity contribution is 9.10. The Hall–Kier alpha value is -1.73. The third-order valence-corrected chi connectivity index (χ3v) is 4.22. The Labute approximate surface area is 135 Å². The van der Waals surface area contributed by atoms with Gasteiger partial charge in [0.1, 0.15) is 5.75 Å². The van der Waals surface area contributed by atoms with Crippen LogP contribution in [0.1, 0.15) is 11.1 Å². The van der Waals surface area contributed by atoms with Gasteiger partial charge in [-0.25, -0.2) is 4.98 Å². The number of aromatic nitrogens is 1. The molecule has 2 aromatic rings. The number of nitrogens with zero attached hydrogens (tertiary/aromatic N) is 2. The van der Waals surface area contributed by atoms with Crippen LogP contribution in [0.3, 0.4) is 0 Å². The van der Waals surface area contributed by atoms with Gasteiger partial charge in [0.15, 0.2) is 5.84 Å². The SMILES string of the molecule is COc1ccc(/C(N)=N/O)cc1CSc1ccc(Br)cn1. The maximum absolute atomic E-state index is 8.75. The van der Waals surface area contributed by atoms with E-state index in [2.05, 4.69) is 26.1 Å². The molecule has 1 aromatic carbocycles. The first-order valence-corrected chi connectivity index (χ1v) is 7.81. The first-order valence-electron chi connectivity index (χ1n) is 6.03. The van der Waals surface area contributed by atoms with Crippen molar-refractivity contribution in [3.05, 3.63) is 52.1 Å².